The summed E-state index contributed by atoms with van der Waals surface area (Å²) in [5, 5.41) is 0. The van der Waals surface area contributed by atoms with Crippen molar-refractivity contribution in [3.63, 3.8) is 0 Å². The van der Waals surface area contributed by atoms with Gasteiger partial charge >= 0.3 is 11.9 Å². The number of hydrogen-bond donors (Lipinski definition) is 1. The summed E-state index contributed by atoms with van der Waals surface area (Å²) in [4.78, 5) is 23.6. The Hall–Kier alpha value is -0.710. The van der Waals surface area contributed by atoms with Crippen LogP contribution in [0.4, 0.5) is 0 Å². The molecule has 0 aromatic heterocycles. The van der Waals surface area contributed by atoms with Crippen LogP contribution in [0, 0.1) is 0 Å². The van der Waals surface area contributed by atoms with Crippen molar-refractivity contribution in [2.75, 3.05) is 6.61 Å². The summed E-state index contributed by atoms with van der Waals surface area (Å²) in [6.07, 6.45) is 43.1. The molecule has 280 valence electrons. The van der Waals surface area contributed by atoms with Crippen molar-refractivity contribution < 1.29 is 19.1 Å². The van der Waals surface area contributed by atoms with Gasteiger partial charge in [-0.05, 0) is 19.3 Å². The molecule has 0 spiro atoms. The molecule has 0 aliphatic carbocycles. The molecule has 0 bridgehead atoms. The molecule has 0 aliphatic rings. The molecule has 0 saturated heterocycles. The van der Waals surface area contributed by atoms with Crippen molar-refractivity contribution in [3.05, 3.63) is 0 Å². The third kappa shape index (κ3) is 34.9. The maximum atomic E-state index is 12.6. The van der Waals surface area contributed by atoms with Gasteiger partial charge in [0, 0.05) is 6.42 Å². The molecule has 5 heteroatoms. The van der Waals surface area contributed by atoms with Crippen LogP contribution in [0.2, 0.25) is 0 Å². The monoisotopic (exact) mass is 683 g/mol. The van der Waals surface area contributed by atoms with Crippen molar-refractivity contribution in [1.29, 1.82) is 0 Å². The number of thiol groups is 1. The van der Waals surface area contributed by atoms with Gasteiger partial charge in [0.2, 0.25) is 0 Å². The van der Waals surface area contributed by atoms with E-state index in [2.05, 4.69) is 13.8 Å². The average molecular weight is 683 g/mol. The molecular formula is C42H82O4S. The molecule has 47 heavy (non-hydrogen) atoms. The highest BCUT2D eigenvalue weighted by atomic mass is 32.1. The maximum Gasteiger partial charge on any atom is 0.310 e. The van der Waals surface area contributed by atoms with Gasteiger partial charge in [0.05, 0.1) is 13.0 Å². The second kappa shape index (κ2) is 36.6. The molecule has 0 rings (SSSR count). The number of ether oxygens (including phenoxy) is 2. The summed E-state index contributed by atoms with van der Waals surface area (Å²) in [5.74, 6) is -0.608. The minimum absolute atomic E-state index is 0.0272. The number of esters is 2. The SMILES string of the molecule is CCCCCCCCCCCCCCCCCCOC(=O)CC(S)(CCCCCCCCCCCCCCCCCC)OC(=O)CC. The number of hydrogen-bond acceptors (Lipinski definition) is 5. The van der Waals surface area contributed by atoms with Gasteiger partial charge in [-0.2, -0.15) is 0 Å². The van der Waals surface area contributed by atoms with Gasteiger partial charge in [0.25, 0.3) is 0 Å². The lowest BCUT2D eigenvalue weighted by atomic mass is 10.0. The Morgan fingerprint density at radius 3 is 1.04 bits per heavy atom. The van der Waals surface area contributed by atoms with E-state index in [1.54, 1.807) is 6.92 Å². The fourth-order valence-corrected chi connectivity index (χ4v) is 6.91. The van der Waals surface area contributed by atoms with E-state index in [-0.39, 0.29) is 24.8 Å². The number of carbonyl (C=O) groups is 2. The molecule has 0 radical (unpaired) electrons. The summed E-state index contributed by atoms with van der Waals surface area (Å²) >= 11 is 4.69. The van der Waals surface area contributed by atoms with Crippen LogP contribution in [0.5, 0.6) is 0 Å². The molecule has 0 N–H and O–H groups in total. The first-order chi connectivity index (χ1) is 23.0. The molecule has 0 saturated carbocycles. The fourth-order valence-electron chi connectivity index (χ4n) is 6.52. The molecule has 1 atom stereocenters. The molecular weight excluding hydrogens is 601 g/mol. The van der Waals surface area contributed by atoms with Crippen LogP contribution < -0.4 is 0 Å². The highest BCUT2D eigenvalue weighted by Gasteiger charge is 2.33. The Morgan fingerprint density at radius 1 is 0.426 bits per heavy atom. The first-order valence-electron chi connectivity index (χ1n) is 21.1. The zero-order valence-corrected chi connectivity index (χ0v) is 32.9. The van der Waals surface area contributed by atoms with Gasteiger partial charge in [-0.15, -0.1) is 12.6 Å². The van der Waals surface area contributed by atoms with Crippen molar-refractivity contribution >= 4 is 24.6 Å². The molecule has 0 heterocycles. The van der Waals surface area contributed by atoms with Gasteiger partial charge in [-0.3, -0.25) is 9.59 Å². The Balaban J connectivity index is 3.80. The normalized spacial score (nSPS) is 12.7. The predicted molar refractivity (Wildman–Crippen MR) is 207 cm³/mol. The molecule has 0 fully saturated rings. The van der Waals surface area contributed by atoms with Crippen LogP contribution in [0.3, 0.4) is 0 Å². The van der Waals surface area contributed by atoms with E-state index >= 15 is 0 Å². The quantitative estimate of drug-likeness (QED) is 0.0305. The first kappa shape index (κ1) is 46.3. The van der Waals surface area contributed by atoms with Crippen LogP contribution in [-0.2, 0) is 19.1 Å². The van der Waals surface area contributed by atoms with E-state index in [0.717, 1.165) is 25.7 Å². The van der Waals surface area contributed by atoms with E-state index in [1.807, 2.05) is 0 Å². The second-order valence-corrected chi connectivity index (χ2v) is 15.3. The summed E-state index contributed by atoms with van der Waals surface area (Å²) in [7, 11) is 0. The van der Waals surface area contributed by atoms with Gasteiger partial charge in [0.1, 0.15) is 0 Å². The fraction of sp³-hybridized carbons (Fsp3) is 0.952. The van der Waals surface area contributed by atoms with Crippen LogP contribution >= 0.6 is 12.6 Å². The number of carbonyl (C=O) groups excluding carboxylic acids is 2. The van der Waals surface area contributed by atoms with Gasteiger partial charge in [-0.1, -0.05) is 213 Å². The van der Waals surface area contributed by atoms with E-state index in [4.69, 9.17) is 22.1 Å². The largest absolute Gasteiger partial charge is 0.466 e. The molecule has 0 aliphatic heterocycles. The highest BCUT2D eigenvalue weighted by Crippen LogP contribution is 2.30. The summed E-state index contributed by atoms with van der Waals surface area (Å²) in [5.41, 5.74) is 0. The predicted octanol–water partition coefficient (Wildman–Crippen LogP) is 14.4. The Labute approximate surface area is 299 Å². The lowest BCUT2D eigenvalue weighted by Crippen LogP contribution is -2.32. The van der Waals surface area contributed by atoms with Crippen LogP contribution in [0.1, 0.15) is 245 Å². The second-order valence-electron chi connectivity index (χ2n) is 14.5. The minimum Gasteiger partial charge on any atom is -0.466 e. The zero-order chi connectivity index (χ0) is 34.5. The van der Waals surface area contributed by atoms with E-state index in [1.165, 1.54) is 180 Å². The van der Waals surface area contributed by atoms with Gasteiger partial charge in [0.15, 0.2) is 4.93 Å². The highest BCUT2D eigenvalue weighted by molar-refractivity contribution is 7.81. The van der Waals surface area contributed by atoms with Gasteiger partial charge in [-0.25, -0.2) is 0 Å². The lowest BCUT2D eigenvalue weighted by molar-refractivity contribution is -0.158. The Morgan fingerprint density at radius 2 is 0.723 bits per heavy atom. The van der Waals surface area contributed by atoms with Crippen molar-refractivity contribution in [2.24, 2.45) is 0 Å². The van der Waals surface area contributed by atoms with Crippen molar-refractivity contribution in [3.8, 4) is 0 Å². The number of rotatable bonds is 38. The maximum absolute atomic E-state index is 12.6. The van der Waals surface area contributed by atoms with E-state index in [0.29, 0.717) is 13.0 Å². The first-order valence-corrected chi connectivity index (χ1v) is 21.5. The summed E-state index contributed by atoms with van der Waals surface area (Å²) in [6, 6.07) is 0. The standard InChI is InChI=1S/C42H82O4S/c1-4-7-9-11-13-15-17-19-21-23-25-27-29-31-33-35-37-42(47,46-40(43)6-3)39-41(44)45-38-36-34-32-30-28-26-24-22-20-18-16-14-12-10-8-5-2/h47H,4-39H2,1-3H3. The topological polar surface area (TPSA) is 52.6 Å². The molecule has 0 aromatic carbocycles. The van der Waals surface area contributed by atoms with Crippen LogP contribution in [0.15, 0.2) is 0 Å². The molecule has 0 amide bonds. The van der Waals surface area contributed by atoms with Gasteiger partial charge < -0.3 is 9.47 Å². The Kier molecular flexibility index (Phi) is 36.0. The average Bonchev–Trinajstić information content (AvgIpc) is 3.05. The summed E-state index contributed by atoms with van der Waals surface area (Å²) in [6.45, 7) is 6.79. The van der Waals surface area contributed by atoms with Crippen LogP contribution in [-0.4, -0.2) is 23.5 Å². The smallest absolute Gasteiger partial charge is 0.310 e. The third-order valence-corrected chi connectivity index (χ3v) is 10.2. The minimum atomic E-state index is -1.06. The molecule has 4 nitrogen and oxygen atoms in total. The van der Waals surface area contributed by atoms with Crippen LogP contribution in [0.25, 0.3) is 0 Å². The third-order valence-electron chi connectivity index (χ3n) is 9.69. The van der Waals surface area contributed by atoms with Crippen molar-refractivity contribution in [1.82, 2.24) is 0 Å². The molecule has 0 aromatic rings. The molecule has 1 unspecified atom stereocenters. The van der Waals surface area contributed by atoms with E-state index < -0.39 is 4.93 Å². The Bertz CT molecular complexity index is 669. The number of unbranched alkanes of at least 4 members (excludes halogenated alkanes) is 30. The van der Waals surface area contributed by atoms with E-state index in [9.17, 15) is 9.59 Å². The lowest BCUT2D eigenvalue weighted by Gasteiger charge is -2.27. The summed E-state index contributed by atoms with van der Waals surface area (Å²) < 4.78 is 11.2. The van der Waals surface area contributed by atoms with Crippen molar-refractivity contribution in [2.45, 2.75) is 250 Å². The zero-order valence-electron chi connectivity index (χ0n) is 32.0.